The van der Waals surface area contributed by atoms with Crippen molar-refractivity contribution in [3.63, 3.8) is 0 Å². The molecule has 1 aliphatic carbocycles. The van der Waals surface area contributed by atoms with E-state index in [1.165, 1.54) is 6.07 Å². The SMILES string of the molecule is CC1=C(C(=O)Nc2c(F)cccc2F)[C@H](c2cccc(Br)c2)C2=C(CC(C)(C)CC2=O)N1. The molecule has 32 heavy (non-hydrogen) atoms. The van der Waals surface area contributed by atoms with Crippen molar-refractivity contribution in [2.45, 2.75) is 39.5 Å². The number of benzene rings is 2. The Bertz CT molecular complexity index is 1180. The fourth-order valence-corrected chi connectivity index (χ4v) is 4.97. The third-order valence-corrected chi connectivity index (χ3v) is 6.36. The van der Waals surface area contributed by atoms with Gasteiger partial charge in [-0.3, -0.25) is 9.59 Å². The van der Waals surface area contributed by atoms with Gasteiger partial charge in [0.05, 0.1) is 0 Å². The maximum absolute atomic E-state index is 14.2. The second-order valence-corrected chi connectivity index (χ2v) is 9.95. The number of hydrogen-bond acceptors (Lipinski definition) is 3. The van der Waals surface area contributed by atoms with E-state index in [1.54, 1.807) is 6.92 Å². The molecule has 0 saturated heterocycles. The molecular weight excluding hydrogens is 478 g/mol. The molecule has 4 rings (SSSR count). The summed E-state index contributed by atoms with van der Waals surface area (Å²) in [6, 6.07) is 10.8. The minimum atomic E-state index is -0.866. The Kier molecular flexibility index (Phi) is 5.79. The van der Waals surface area contributed by atoms with Crippen molar-refractivity contribution in [2.75, 3.05) is 5.32 Å². The van der Waals surface area contributed by atoms with Gasteiger partial charge in [-0.15, -0.1) is 0 Å². The van der Waals surface area contributed by atoms with Crippen molar-refractivity contribution in [3.05, 3.63) is 86.7 Å². The summed E-state index contributed by atoms with van der Waals surface area (Å²) in [7, 11) is 0. The van der Waals surface area contributed by atoms with Crippen LogP contribution in [-0.2, 0) is 9.59 Å². The Balaban J connectivity index is 1.84. The zero-order valence-electron chi connectivity index (χ0n) is 18.0. The number of ketones is 1. The Morgan fingerprint density at radius 2 is 1.78 bits per heavy atom. The van der Waals surface area contributed by atoms with Crippen LogP contribution in [0.4, 0.5) is 14.5 Å². The number of Topliss-reactive ketones (excluding diaryl/α,β-unsaturated/α-hetero) is 1. The summed E-state index contributed by atoms with van der Waals surface area (Å²) in [5.74, 6) is -3.08. The quantitative estimate of drug-likeness (QED) is 0.545. The third kappa shape index (κ3) is 4.13. The standard InChI is InChI=1S/C25H23BrF2N2O2/c1-13-20(24(32)30-23-16(27)8-5-9-17(23)28)21(14-6-4-7-15(26)10-14)22-18(29-13)11-25(2,3)12-19(22)31/h4-10,21,29H,11-12H2,1-3H3,(H,30,32)/t21-/m0/s1. The van der Waals surface area contributed by atoms with E-state index >= 15 is 0 Å². The van der Waals surface area contributed by atoms with Crippen molar-refractivity contribution in [3.8, 4) is 0 Å². The molecule has 1 amide bonds. The summed E-state index contributed by atoms with van der Waals surface area (Å²) in [6.45, 7) is 5.81. The van der Waals surface area contributed by atoms with Crippen LogP contribution < -0.4 is 10.6 Å². The maximum Gasteiger partial charge on any atom is 0.254 e. The molecule has 0 spiro atoms. The van der Waals surface area contributed by atoms with Gasteiger partial charge in [0.15, 0.2) is 5.78 Å². The molecule has 7 heteroatoms. The number of halogens is 3. The number of allylic oxidation sites excluding steroid dienone is 3. The molecule has 0 saturated carbocycles. The first kappa shape index (κ1) is 22.4. The van der Waals surface area contributed by atoms with Crippen molar-refractivity contribution >= 4 is 33.3 Å². The fraction of sp³-hybridized carbons (Fsp3) is 0.280. The molecular formula is C25H23BrF2N2O2. The first-order valence-electron chi connectivity index (χ1n) is 10.3. The Morgan fingerprint density at radius 1 is 1.12 bits per heavy atom. The molecule has 0 bridgehead atoms. The van der Waals surface area contributed by atoms with Gasteiger partial charge in [-0.25, -0.2) is 8.78 Å². The average Bonchev–Trinajstić information content (AvgIpc) is 2.68. The minimum absolute atomic E-state index is 0.0383. The molecule has 0 unspecified atom stereocenters. The minimum Gasteiger partial charge on any atom is -0.362 e. The van der Waals surface area contributed by atoms with Crippen molar-refractivity contribution < 1.29 is 18.4 Å². The number of hydrogen-bond donors (Lipinski definition) is 2. The van der Waals surface area contributed by atoms with E-state index in [1.807, 2.05) is 38.1 Å². The third-order valence-electron chi connectivity index (χ3n) is 5.87. The highest BCUT2D eigenvalue weighted by molar-refractivity contribution is 9.10. The van der Waals surface area contributed by atoms with E-state index in [0.29, 0.717) is 24.1 Å². The van der Waals surface area contributed by atoms with E-state index in [9.17, 15) is 18.4 Å². The predicted molar refractivity (Wildman–Crippen MR) is 123 cm³/mol. The molecule has 4 nitrogen and oxygen atoms in total. The highest BCUT2D eigenvalue weighted by Gasteiger charge is 2.42. The number of carbonyl (C=O) groups is 2. The Morgan fingerprint density at radius 3 is 2.44 bits per heavy atom. The van der Waals surface area contributed by atoms with Crippen molar-refractivity contribution in [1.82, 2.24) is 5.32 Å². The van der Waals surface area contributed by atoms with Crippen LogP contribution in [0.5, 0.6) is 0 Å². The molecule has 1 atom stereocenters. The van der Waals surface area contributed by atoms with Gasteiger partial charge in [0.1, 0.15) is 17.3 Å². The molecule has 2 aliphatic rings. The molecule has 1 aliphatic heterocycles. The van der Waals surface area contributed by atoms with E-state index in [0.717, 1.165) is 27.9 Å². The lowest BCUT2D eigenvalue weighted by Crippen LogP contribution is -2.39. The number of carbonyl (C=O) groups excluding carboxylic acids is 2. The van der Waals surface area contributed by atoms with Gasteiger partial charge >= 0.3 is 0 Å². The zero-order chi connectivity index (χ0) is 23.2. The van der Waals surface area contributed by atoms with Gasteiger partial charge in [0.2, 0.25) is 0 Å². The van der Waals surface area contributed by atoms with Crippen LogP contribution in [0, 0.1) is 17.0 Å². The molecule has 2 aromatic carbocycles. The van der Waals surface area contributed by atoms with Crippen LogP contribution in [0.3, 0.4) is 0 Å². The summed E-state index contributed by atoms with van der Waals surface area (Å²) in [6.07, 6.45) is 1.01. The topological polar surface area (TPSA) is 58.2 Å². The van der Waals surface area contributed by atoms with Crippen LogP contribution in [0.25, 0.3) is 0 Å². The highest BCUT2D eigenvalue weighted by Crippen LogP contribution is 2.47. The lowest BCUT2D eigenvalue weighted by atomic mass is 9.68. The predicted octanol–water partition coefficient (Wildman–Crippen LogP) is 5.97. The van der Waals surface area contributed by atoms with Gasteiger partial charge in [0.25, 0.3) is 5.91 Å². The lowest BCUT2D eigenvalue weighted by Gasteiger charge is -2.39. The van der Waals surface area contributed by atoms with E-state index in [2.05, 4.69) is 26.6 Å². The van der Waals surface area contributed by atoms with Crippen LogP contribution in [-0.4, -0.2) is 11.7 Å². The highest BCUT2D eigenvalue weighted by atomic mass is 79.9. The van der Waals surface area contributed by atoms with Crippen LogP contribution >= 0.6 is 15.9 Å². The van der Waals surface area contributed by atoms with E-state index < -0.39 is 29.1 Å². The number of amides is 1. The summed E-state index contributed by atoms with van der Waals surface area (Å²) in [5.41, 5.74) is 2.17. The number of para-hydroxylation sites is 1. The lowest BCUT2D eigenvalue weighted by molar-refractivity contribution is -0.118. The van der Waals surface area contributed by atoms with Gasteiger partial charge in [-0.2, -0.15) is 0 Å². The molecule has 0 radical (unpaired) electrons. The number of rotatable bonds is 3. The number of dihydropyridines is 1. The molecule has 0 aromatic heterocycles. The summed E-state index contributed by atoms with van der Waals surface area (Å²) < 4.78 is 29.2. The van der Waals surface area contributed by atoms with Crippen LogP contribution in [0.15, 0.2) is 69.5 Å². The summed E-state index contributed by atoms with van der Waals surface area (Å²) in [4.78, 5) is 26.6. The maximum atomic E-state index is 14.2. The van der Waals surface area contributed by atoms with Gasteiger partial charge < -0.3 is 10.6 Å². The molecule has 2 aromatic rings. The summed E-state index contributed by atoms with van der Waals surface area (Å²) >= 11 is 3.46. The van der Waals surface area contributed by atoms with Gasteiger partial charge in [-0.05, 0) is 48.6 Å². The fourth-order valence-electron chi connectivity index (χ4n) is 4.55. The van der Waals surface area contributed by atoms with Gasteiger partial charge in [0, 0.05) is 39.4 Å². The second kappa shape index (κ2) is 8.28. The molecule has 166 valence electrons. The Labute approximate surface area is 193 Å². The molecule has 1 heterocycles. The number of nitrogens with one attached hydrogen (secondary N) is 2. The van der Waals surface area contributed by atoms with Crippen LogP contribution in [0.1, 0.15) is 45.1 Å². The van der Waals surface area contributed by atoms with Crippen LogP contribution in [0.2, 0.25) is 0 Å². The van der Waals surface area contributed by atoms with Crippen molar-refractivity contribution in [1.29, 1.82) is 0 Å². The number of anilines is 1. The monoisotopic (exact) mass is 500 g/mol. The first-order chi connectivity index (χ1) is 15.1. The van der Waals surface area contributed by atoms with E-state index in [-0.39, 0.29) is 16.8 Å². The average molecular weight is 501 g/mol. The normalized spacial score (nSPS) is 20.1. The zero-order valence-corrected chi connectivity index (χ0v) is 19.6. The van der Waals surface area contributed by atoms with Gasteiger partial charge in [-0.1, -0.05) is 48.0 Å². The smallest absolute Gasteiger partial charge is 0.254 e. The molecule has 0 fully saturated rings. The second-order valence-electron chi connectivity index (χ2n) is 9.04. The van der Waals surface area contributed by atoms with Crippen molar-refractivity contribution in [2.24, 2.45) is 5.41 Å². The molecule has 2 N–H and O–H groups in total. The first-order valence-corrected chi connectivity index (χ1v) is 11.1. The Hall–Kier alpha value is -2.80. The largest absolute Gasteiger partial charge is 0.362 e. The summed E-state index contributed by atoms with van der Waals surface area (Å²) in [5, 5.41) is 5.63. The van der Waals surface area contributed by atoms with E-state index in [4.69, 9.17) is 0 Å².